The van der Waals surface area contributed by atoms with Crippen molar-refractivity contribution in [3.63, 3.8) is 0 Å². The average Bonchev–Trinajstić information content (AvgIpc) is 2.43. The maximum absolute atomic E-state index is 13.3. The molecule has 0 unspecified atom stereocenters. The molecule has 0 radical (unpaired) electrons. The summed E-state index contributed by atoms with van der Waals surface area (Å²) in [5.74, 6) is -0.659. The normalized spacial score (nSPS) is 10.5. The number of pyridine rings is 1. The monoisotopic (exact) mass is 277 g/mol. The molecule has 2 rings (SSSR count). The lowest BCUT2D eigenvalue weighted by Crippen LogP contribution is -2.09. The van der Waals surface area contributed by atoms with Crippen molar-refractivity contribution in [2.45, 2.75) is 19.8 Å². The van der Waals surface area contributed by atoms with E-state index in [0.29, 0.717) is 11.3 Å². The number of ketones is 1. The molecule has 1 heterocycles. The lowest BCUT2D eigenvalue weighted by atomic mass is 10.0. The van der Waals surface area contributed by atoms with E-state index >= 15 is 0 Å². The molecule has 0 N–H and O–H groups in total. The van der Waals surface area contributed by atoms with Gasteiger partial charge in [0.2, 0.25) is 0 Å². The molecule has 0 saturated heterocycles. The minimum atomic E-state index is -0.510. The molecule has 0 aliphatic heterocycles. The Labute approximate surface area is 116 Å². The first-order chi connectivity index (χ1) is 9.13. The van der Waals surface area contributed by atoms with Crippen LogP contribution in [0.3, 0.4) is 0 Å². The van der Waals surface area contributed by atoms with Crippen LogP contribution in [0, 0.1) is 5.82 Å². The van der Waals surface area contributed by atoms with Crippen LogP contribution < -0.4 is 0 Å². The summed E-state index contributed by atoms with van der Waals surface area (Å²) in [6, 6.07) is 8.13. The van der Waals surface area contributed by atoms with Gasteiger partial charge in [-0.1, -0.05) is 36.7 Å². The van der Waals surface area contributed by atoms with Crippen LogP contribution in [0.1, 0.15) is 28.5 Å². The summed E-state index contributed by atoms with van der Waals surface area (Å²) in [5, 5.41) is 0.00447. The van der Waals surface area contributed by atoms with Crippen LogP contribution >= 0.6 is 11.6 Å². The number of carbonyl (C=O) groups is 1. The van der Waals surface area contributed by atoms with Gasteiger partial charge in [0.25, 0.3) is 0 Å². The summed E-state index contributed by atoms with van der Waals surface area (Å²) in [4.78, 5) is 16.3. The topological polar surface area (TPSA) is 30.0 Å². The molecule has 0 aliphatic carbocycles. The third-order valence-electron chi connectivity index (χ3n) is 2.92. The Bertz CT molecular complexity index is 613. The maximum atomic E-state index is 13.3. The lowest BCUT2D eigenvalue weighted by Gasteiger charge is -2.07. The summed E-state index contributed by atoms with van der Waals surface area (Å²) in [6.07, 6.45) is 2.37. The van der Waals surface area contributed by atoms with Crippen LogP contribution in [0.4, 0.5) is 4.39 Å². The first kappa shape index (κ1) is 13.7. The van der Waals surface area contributed by atoms with E-state index in [1.54, 1.807) is 24.4 Å². The predicted octanol–water partition coefficient (Wildman–Crippen LogP) is 3.86. The smallest absolute Gasteiger partial charge is 0.185 e. The van der Waals surface area contributed by atoms with Crippen LogP contribution in [0.2, 0.25) is 5.02 Å². The number of aromatic nitrogens is 1. The first-order valence-electron chi connectivity index (χ1n) is 6.03. The number of Topliss-reactive ketones (excluding diaryl/α,β-unsaturated/α-hetero) is 1. The summed E-state index contributed by atoms with van der Waals surface area (Å²) < 4.78 is 13.3. The Morgan fingerprint density at radius 1 is 1.26 bits per heavy atom. The van der Waals surface area contributed by atoms with E-state index in [9.17, 15) is 9.18 Å². The Kier molecular flexibility index (Phi) is 4.27. The van der Waals surface area contributed by atoms with Crippen LogP contribution in [0.25, 0.3) is 0 Å². The van der Waals surface area contributed by atoms with E-state index < -0.39 is 5.82 Å². The number of carbonyl (C=O) groups excluding carboxylic acids is 1. The highest BCUT2D eigenvalue weighted by atomic mass is 35.5. The van der Waals surface area contributed by atoms with Gasteiger partial charge in [-0.05, 0) is 29.7 Å². The van der Waals surface area contributed by atoms with Gasteiger partial charge in [0.05, 0.1) is 5.02 Å². The van der Waals surface area contributed by atoms with Crippen molar-refractivity contribution in [3.8, 4) is 0 Å². The van der Waals surface area contributed by atoms with E-state index in [0.717, 1.165) is 12.0 Å². The molecule has 1 aromatic heterocycles. The van der Waals surface area contributed by atoms with Crippen molar-refractivity contribution in [3.05, 3.63) is 64.2 Å². The van der Waals surface area contributed by atoms with E-state index in [1.165, 1.54) is 6.07 Å². The van der Waals surface area contributed by atoms with Crippen molar-refractivity contribution < 1.29 is 9.18 Å². The van der Waals surface area contributed by atoms with E-state index in [4.69, 9.17) is 11.6 Å². The van der Waals surface area contributed by atoms with Gasteiger partial charge in [0.1, 0.15) is 11.5 Å². The molecule has 0 aliphatic rings. The number of hydrogen-bond acceptors (Lipinski definition) is 2. The maximum Gasteiger partial charge on any atom is 0.185 e. The van der Waals surface area contributed by atoms with Gasteiger partial charge < -0.3 is 0 Å². The van der Waals surface area contributed by atoms with E-state index in [2.05, 4.69) is 4.98 Å². The molecule has 0 spiro atoms. The van der Waals surface area contributed by atoms with Crippen LogP contribution in [-0.2, 0) is 12.8 Å². The van der Waals surface area contributed by atoms with Crippen molar-refractivity contribution in [2.24, 2.45) is 0 Å². The SMILES string of the molecule is CCc1cccnc1C(=O)Cc1cccc(F)c1Cl. The highest BCUT2D eigenvalue weighted by Gasteiger charge is 2.15. The van der Waals surface area contributed by atoms with Gasteiger partial charge in [0, 0.05) is 12.6 Å². The lowest BCUT2D eigenvalue weighted by molar-refractivity contribution is 0.0987. The van der Waals surface area contributed by atoms with Crippen LogP contribution in [0.5, 0.6) is 0 Å². The molecule has 2 aromatic rings. The third kappa shape index (κ3) is 2.99. The summed E-state index contributed by atoms with van der Waals surface area (Å²) in [6.45, 7) is 1.96. The van der Waals surface area contributed by atoms with E-state index in [-0.39, 0.29) is 17.2 Å². The minimum Gasteiger partial charge on any atom is -0.292 e. The van der Waals surface area contributed by atoms with Gasteiger partial charge in [-0.2, -0.15) is 0 Å². The van der Waals surface area contributed by atoms with Crippen molar-refractivity contribution in [1.29, 1.82) is 0 Å². The fourth-order valence-corrected chi connectivity index (χ4v) is 2.11. The summed E-state index contributed by atoms with van der Waals surface area (Å²) >= 11 is 5.85. The molecule has 0 saturated carbocycles. The molecule has 0 fully saturated rings. The molecular weight excluding hydrogens is 265 g/mol. The summed E-state index contributed by atoms with van der Waals surface area (Å²) in [7, 11) is 0. The van der Waals surface area contributed by atoms with Crippen LogP contribution in [-0.4, -0.2) is 10.8 Å². The Hall–Kier alpha value is -1.74. The third-order valence-corrected chi connectivity index (χ3v) is 3.34. The van der Waals surface area contributed by atoms with Crippen molar-refractivity contribution >= 4 is 17.4 Å². The molecule has 19 heavy (non-hydrogen) atoms. The number of benzene rings is 1. The molecule has 0 amide bonds. The zero-order valence-electron chi connectivity index (χ0n) is 10.5. The molecule has 98 valence electrons. The van der Waals surface area contributed by atoms with E-state index in [1.807, 2.05) is 13.0 Å². The quantitative estimate of drug-likeness (QED) is 0.794. The Morgan fingerprint density at radius 3 is 2.74 bits per heavy atom. The molecule has 1 aromatic carbocycles. The highest BCUT2D eigenvalue weighted by molar-refractivity contribution is 6.31. The fourth-order valence-electron chi connectivity index (χ4n) is 1.92. The van der Waals surface area contributed by atoms with Crippen LogP contribution in [0.15, 0.2) is 36.5 Å². The molecular formula is C15H13ClFNO. The molecule has 4 heteroatoms. The van der Waals surface area contributed by atoms with Crippen molar-refractivity contribution in [2.75, 3.05) is 0 Å². The number of nitrogens with zero attached hydrogens (tertiary/aromatic N) is 1. The molecule has 2 nitrogen and oxygen atoms in total. The Balaban J connectivity index is 2.28. The molecule has 0 atom stereocenters. The molecule has 0 bridgehead atoms. The second-order valence-corrected chi connectivity index (χ2v) is 4.56. The number of rotatable bonds is 4. The second-order valence-electron chi connectivity index (χ2n) is 4.18. The van der Waals surface area contributed by atoms with Gasteiger partial charge in [-0.15, -0.1) is 0 Å². The first-order valence-corrected chi connectivity index (χ1v) is 6.41. The van der Waals surface area contributed by atoms with Gasteiger partial charge in [-0.3, -0.25) is 9.78 Å². The predicted molar refractivity (Wildman–Crippen MR) is 73.1 cm³/mol. The number of aryl methyl sites for hydroxylation is 1. The zero-order valence-corrected chi connectivity index (χ0v) is 11.2. The summed E-state index contributed by atoms with van der Waals surface area (Å²) in [5.41, 5.74) is 1.81. The number of halogens is 2. The minimum absolute atomic E-state index is 0.00447. The Morgan fingerprint density at radius 2 is 2.00 bits per heavy atom. The zero-order chi connectivity index (χ0) is 13.8. The standard InChI is InChI=1S/C15H13ClFNO/c1-2-10-6-4-8-18-15(10)13(19)9-11-5-3-7-12(17)14(11)16/h3-8H,2,9H2,1H3. The average molecular weight is 278 g/mol. The highest BCUT2D eigenvalue weighted by Crippen LogP contribution is 2.21. The van der Waals surface area contributed by atoms with Gasteiger partial charge in [-0.25, -0.2) is 4.39 Å². The number of hydrogen-bond donors (Lipinski definition) is 0. The van der Waals surface area contributed by atoms with Gasteiger partial charge >= 0.3 is 0 Å². The second kappa shape index (κ2) is 5.93. The largest absolute Gasteiger partial charge is 0.292 e. The van der Waals surface area contributed by atoms with Gasteiger partial charge in [0.15, 0.2) is 5.78 Å². The van der Waals surface area contributed by atoms with Crippen molar-refractivity contribution in [1.82, 2.24) is 4.98 Å². The fraction of sp³-hybridized carbons (Fsp3) is 0.200.